The van der Waals surface area contributed by atoms with Gasteiger partial charge in [0, 0.05) is 25.5 Å². The number of hydrogen-bond acceptors (Lipinski definition) is 3. The van der Waals surface area contributed by atoms with E-state index in [1.54, 1.807) is 65.5 Å². The van der Waals surface area contributed by atoms with E-state index in [2.05, 4.69) is 10.4 Å². The summed E-state index contributed by atoms with van der Waals surface area (Å²) in [6.45, 7) is 0.501. The Labute approximate surface area is 199 Å². The first-order valence-electron chi connectivity index (χ1n) is 10.9. The highest BCUT2D eigenvalue weighted by molar-refractivity contribution is 5.99. The van der Waals surface area contributed by atoms with Crippen LogP contribution >= 0.6 is 0 Å². The molecule has 1 amide bonds. The molecule has 3 aromatic rings. The van der Waals surface area contributed by atoms with Crippen LogP contribution in [0, 0.1) is 11.6 Å². The maximum absolute atomic E-state index is 13.3. The van der Waals surface area contributed by atoms with Crippen LogP contribution in [0.1, 0.15) is 21.5 Å². The van der Waals surface area contributed by atoms with E-state index in [0.29, 0.717) is 12.2 Å². The fourth-order valence-corrected chi connectivity index (χ4v) is 3.84. The smallest absolute Gasteiger partial charge is 0.282 e. The van der Waals surface area contributed by atoms with Gasteiger partial charge in [-0.25, -0.2) is 8.78 Å². The Balaban J connectivity index is 1.55. The summed E-state index contributed by atoms with van der Waals surface area (Å²) in [4.78, 5) is 26.4. The third-order valence-corrected chi connectivity index (χ3v) is 5.61. The molecule has 0 radical (unpaired) electrons. The van der Waals surface area contributed by atoms with Gasteiger partial charge in [0.25, 0.3) is 11.5 Å². The van der Waals surface area contributed by atoms with Gasteiger partial charge >= 0.3 is 0 Å². The number of nitrogens with one attached hydrogen (secondary N) is 1. The van der Waals surface area contributed by atoms with Crippen LogP contribution in [0.25, 0.3) is 16.9 Å². The second-order valence-electron chi connectivity index (χ2n) is 8.09. The van der Waals surface area contributed by atoms with Crippen molar-refractivity contribution in [3.05, 3.63) is 130 Å². The molecule has 0 bridgehead atoms. The molecule has 0 aromatic heterocycles. The van der Waals surface area contributed by atoms with Crippen molar-refractivity contribution in [3.8, 4) is 16.9 Å². The van der Waals surface area contributed by atoms with Gasteiger partial charge in [0.1, 0.15) is 17.3 Å². The van der Waals surface area contributed by atoms with Crippen LogP contribution in [0.15, 0.2) is 96.1 Å². The van der Waals surface area contributed by atoms with E-state index < -0.39 is 5.91 Å². The lowest BCUT2D eigenvalue weighted by Crippen LogP contribution is -2.25. The normalized spacial score (nSPS) is 11.0. The molecule has 2 heterocycles. The number of benzene rings is 3. The highest BCUT2D eigenvalue weighted by Gasteiger charge is 2.24. The van der Waals surface area contributed by atoms with Gasteiger partial charge in [-0.2, -0.15) is 9.78 Å². The Morgan fingerprint density at radius 3 is 2.11 bits per heavy atom. The lowest BCUT2D eigenvalue weighted by molar-refractivity contribution is 0.0950. The first-order valence-corrected chi connectivity index (χ1v) is 10.9. The fraction of sp³-hybridized carbons (Fsp3) is 0.0741. The van der Waals surface area contributed by atoms with E-state index in [0.717, 1.165) is 11.1 Å². The number of halogens is 2. The quantitative estimate of drug-likeness (QED) is 0.400. The van der Waals surface area contributed by atoms with Crippen molar-refractivity contribution in [3.63, 3.8) is 0 Å². The summed E-state index contributed by atoms with van der Waals surface area (Å²) in [6.07, 6.45) is 3.26. The lowest BCUT2D eigenvalue weighted by Gasteiger charge is -2.13. The summed E-state index contributed by atoms with van der Waals surface area (Å²) in [6, 6.07) is 20.8. The first kappa shape index (κ1) is 22.2. The van der Waals surface area contributed by atoms with Crippen molar-refractivity contribution >= 4 is 5.91 Å². The van der Waals surface area contributed by atoms with E-state index in [-0.39, 0.29) is 40.6 Å². The van der Waals surface area contributed by atoms with Crippen LogP contribution in [0.2, 0.25) is 0 Å². The van der Waals surface area contributed by atoms with Crippen LogP contribution in [0.3, 0.4) is 0 Å². The topological polar surface area (TPSA) is 68.9 Å². The summed E-state index contributed by atoms with van der Waals surface area (Å²) in [5, 5.41) is 7.28. The third kappa shape index (κ3) is 4.72. The van der Waals surface area contributed by atoms with Crippen LogP contribution in [-0.2, 0) is 13.1 Å². The average molecular weight is 470 g/mol. The van der Waals surface area contributed by atoms with Crippen LogP contribution in [0.5, 0.6) is 0 Å². The molecule has 2 aliphatic rings. The second-order valence-corrected chi connectivity index (χ2v) is 8.09. The van der Waals surface area contributed by atoms with Gasteiger partial charge in [-0.15, -0.1) is 0 Å². The van der Waals surface area contributed by atoms with E-state index in [1.165, 1.54) is 28.9 Å². The molecular formula is C27H20F2N4O2. The van der Waals surface area contributed by atoms with E-state index in [1.807, 2.05) is 6.07 Å². The van der Waals surface area contributed by atoms with Crippen molar-refractivity contribution in [2.45, 2.75) is 13.1 Å². The second kappa shape index (κ2) is 9.34. The van der Waals surface area contributed by atoms with Gasteiger partial charge in [0.15, 0.2) is 0 Å². The molecule has 5 rings (SSSR count). The number of carbonyl (C=O) groups is 1. The zero-order valence-corrected chi connectivity index (χ0v) is 18.5. The third-order valence-electron chi connectivity index (χ3n) is 5.61. The largest absolute Gasteiger partial charge is 0.348 e. The number of hydrogen-bond donors (Lipinski definition) is 1. The van der Waals surface area contributed by atoms with E-state index >= 15 is 0 Å². The molecule has 1 N–H and O–H groups in total. The van der Waals surface area contributed by atoms with Gasteiger partial charge in [-0.1, -0.05) is 42.5 Å². The number of nitrogens with zero attached hydrogens (tertiary/aromatic N) is 3. The minimum absolute atomic E-state index is 0.178. The summed E-state index contributed by atoms with van der Waals surface area (Å²) >= 11 is 0. The lowest BCUT2D eigenvalue weighted by atomic mass is 10.1. The van der Waals surface area contributed by atoms with Crippen LogP contribution < -0.4 is 10.9 Å². The minimum atomic E-state index is -0.425. The fourth-order valence-electron chi connectivity index (χ4n) is 3.84. The maximum Gasteiger partial charge on any atom is 0.282 e. The summed E-state index contributed by atoms with van der Waals surface area (Å²) in [7, 11) is 0. The standard InChI is InChI=1S/C27H20F2N4O2/c28-20-10-6-18(7-11-20)14-30-26(34)23-16-32(15-19-8-12-21(29)13-9-19)17-24-25(23)31-33(27(24)35)22-4-2-1-3-5-22/h1-13,16-17H,14-15H2,(H,30,34). The highest BCUT2D eigenvalue weighted by Crippen LogP contribution is 2.23. The molecule has 0 unspecified atom stereocenters. The number of para-hydroxylation sites is 1. The Bertz CT molecular complexity index is 1510. The summed E-state index contributed by atoms with van der Waals surface area (Å²) in [5.74, 6) is -1.13. The summed E-state index contributed by atoms with van der Waals surface area (Å²) < 4.78 is 29.5. The van der Waals surface area contributed by atoms with Gasteiger partial charge < -0.3 is 9.88 Å². The van der Waals surface area contributed by atoms with Crippen molar-refractivity contribution < 1.29 is 13.6 Å². The molecule has 8 heteroatoms. The molecule has 0 aliphatic carbocycles. The molecular weight excluding hydrogens is 450 g/mol. The minimum Gasteiger partial charge on any atom is -0.348 e. The van der Waals surface area contributed by atoms with E-state index in [9.17, 15) is 18.4 Å². The van der Waals surface area contributed by atoms with Gasteiger partial charge in [-0.3, -0.25) is 9.59 Å². The Morgan fingerprint density at radius 1 is 0.829 bits per heavy atom. The summed E-state index contributed by atoms with van der Waals surface area (Å²) in [5.41, 5.74) is 2.53. The zero-order chi connectivity index (χ0) is 24.4. The van der Waals surface area contributed by atoms with Crippen LogP contribution in [-0.4, -0.2) is 20.3 Å². The van der Waals surface area contributed by atoms with Crippen molar-refractivity contribution in [1.29, 1.82) is 0 Å². The Kier molecular flexibility index (Phi) is 5.93. The predicted molar refractivity (Wildman–Crippen MR) is 128 cm³/mol. The number of fused-ring (bicyclic) bond motifs is 1. The number of aromatic nitrogens is 3. The molecule has 2 aliphatic heterocycles. The zero-order valence-electron chi connectivity index (χ0n) is 18.5. The van der Waals surface area contributed by atoms with Crippen molar-refractivity contribution in [2.75, 3.05) is 0 Å². The van der Waals surface area contributed by atoms with Gasteiger partial charge in [0.2, 0.25) is 0 Å². The van der Waals surface area contributed by atoms with Crippen molar-refractivity contribution in [2.24, 2.45) is 0 Å². The first-order chi connectivity index (χ1) is 17.0. The van der Waals surface area contributed by atoms with Gasteiger partial charge in [-0.05, 0) is 47.5 Å². The molecule has 0 spiro atoms. The molecule has 0 saturated heterocycles. The monoisotopic (exact) mass is 470 g/mol. The maximum atomic E-state index is 13.3. The Morgan fingerprint density at radius 2 is 1.46 bits per heavy atom. The van der Waals surface area contributed by atoms with Gasteiger partial charge in [0.05, 0.1) is 16.8 Å². The number of amides is 1. The number of rotatable bonds is 6. The number of pyridine rings is 1. The SMILES string of the molecule is O=C(NCc1ccc(F)cc1)c1cn(Cc2ccc(F)cc2)cc2c(=O)n(-c3ccccc3)nc1-2. The van der Waals surface area contributed by atoms with E-state index in [4.69, 9.17) is 0 Å². The molecule has 0 fully saturated rings. The van der Waals surface area contributed by atoms with Crippen molar-refractivity contribution in [1.82, 2.24) is 19.7 Å². The molecule has 6 nitrogen and oxygen atoms in total. The highest BCUT2D eigenvalue weighted by atomic mass is 19.1. The molecule has 0 atom stereocenters. The predicted octanol–water partition coefficient (Wildman–Crippen LogP) is 4.40. The number of carbonyl (C=O) groups excluding carboxylic acids is 1. The molecule has 174 valence electrons. The van der Waals surface area contributed by atoms with Crippen LogP contribution in [0.4, 0.5) is 8.78 Å². The molecule has 35 heavy (non-hydrogen) atoms. The molecule has 0 saturated carbocycles. The average Bonchev–Trinajstić information content (AvgIpc) is 3.21. The molecule has 3 aromatic carbocycles. The Hall–Kier alpha value is -4.59.